The van der Waals surface area contributed by atoms with Crippen molar-refractivity contribution in [1.82, 2.24) is 0 Å². The van der Waals surface area contributed by atoms with Gasteiger partial charge in [0.05, 0.1) is 6.42 Å². The Morgan fingerprint density at radius 2 is 1.71 bits per heavy atom. The van der Waals surface area contributed by atoms with Crippen molar-refractivity contribution in [2.24, 2.45) is 11.3 Å². The standard InChI is InChI=1S/C10H19O3P/c1-9(2,3)7(6-8(11)12)10(4,5)14-13/h7H,6H2,1-5H3,(H,11,12)/p+1. The second kappa shape index (κ2) is 4.39. The summed E-state index contributed by atoms with van der Waals surface area (Å²) in [7, 11) is -0.475. The largest absolute Gasteiger partial charge is 0.481 e. The van der Waals surface area contributed by atoms with E-state index in [-0.39, 0.29) is 17.8 Å². The van der Waals surface area contributed by atoms with Crippen molar-refractivity contribution in [3.05, 3.63) is 0 Å². The maximum absolute atomic E-state index is 11.1. The van der Waals surface area contributed by atoms with E-state index < -0.39 is 19.6 Å². The highest BCUT2D eigenvalue weighted by Gasteiger charge is 2.45. The van der Waals surface area contributed by atoms with Crippen LogP contribution < -0.4 is 0 Å². The fraction of sp³-hybridized carbons (Fsp3) is 0.900. The third-order valence-electron chi connectivity index (χ3n) is 2.56. The first-order chi connectivity index (χ1) is 6.11. The lowest BCUT2D eigenvalue weighted by molar-refractivity contribution is -0.139. The number of carboxylic acid groups (broad SMARTS) is 1. The molecule has 0 aliphatic heterocycles. The Morgan fingerprint density at radius 1 is 1.29 bits per heavy atom. The maximum Gasteiger partial charge on any atom is 0.330 e. The lowest BCUT2D eigenvalue weighted by atomic mass is 9.72. The van der Waals surface area contributed by atoms with Crippen molar-refractivity contribution in [3.63, 3.8) is 0 Å². The Morgan fingerprint density at radius 3 is 1.93 bits per heavy atom. The Labute approximate surface area is 87.1 Å². The topological polar surface area (TPSA) is 54.4 Å². The fourth-order valence-electron chi connectivity index (χ4n) is 1.89. The van der Waals surface area contributed by atoms with Crippen LogP contribution >= 0.6 is 8.46 Å². The molecule has 0 spiro atoms. The molecule has 0 saturated carbocycles. The van der Waals surface area contributed by atoms with Crippen LogP contribution in [0.4, 0.5) is 0 Å². The van der Waals surface area contributed by atoms with E-state index in [1.54, 1.807) is 0 Å². The third-order valence-corrected chi connectivity index (χ3v) is 3.43. The maximum atomic E-state index is 11.1. The third kappa shape index (κ3) is 3.75. The molecule has 0 rings (SSSR count). The SMILES string of the molecule is CC(C)(C)C(CC(=O)O)C(C)(C)[PH+]=O. The summed E-state index contributed by atoms with van der Waals surface area (Å²) < 4.78 is 11.1. The van der Waals surface area contributed by atoms with E-state index in [2.05, 4.69) is 0 Å². The predicted molar refractivity (Wildman–Crippen MR) is 58.3 cm³/mol. The summed E-state index contributed by atoms with van der Waals surface area (Å²) in [6.07, 6.45) is 0.0751. The van der Waals surface area contributed by atoms with E-state index in [9.17, 15) is 9.36 Å². The lowest BCUT2D eigenvalue weighted by Crippen LogP contribution is -2.37. The number of carboxylic acids is 1. The molecule has 2 atom stereocenters. The molecule has 4 heteroatoms. The molecular formula is C10H20O3P+. The van der Waals surface area contributed by atoms with Gasteiger partial charge in [0.15, 0.2) is 5.16 Å². The molecule has 82 valence electrons. The quantitative estimate of drug-likeness (QED) is 0.739. The first-order valence-corrected chi connectivity index (χ1v) is 5.63. The molecule has 0 aromatic heterocycles. The van der Waals surface area contributed by atoms with Crippen LogP contribution in [0.2, 0.25) is 0 Å². The van der Waals surface area contributed by atoms with Crippen molar-refractivity contribution in [2.45, 2.75) is 46.2 Å². The summed E-state index contributed by atoms with van der Waals surface area (Å²) in [6, 6.07) is 0. The molecule has 0 heterocycles. The molecule has 14 heavy (non-hydrogen) atoms. The molecule has 3 nitrogen and oxygen atoms in total. The van der Waals surface area contributed by atoms with Crippen LogP contribution in [0.25, 0.3) is 0 Å². The number of carbonyl (C=O) groups is 1. The molecule has 0 aliphatic carbocycles. The van der Waals surface area contributed by atoms with Crippen molar-refractivity contribution >= 4 is 14.4 Å². The lowest BCUT2D eigenvalue weighted by Gasteiger charge is -2.34. The predicted octanol–water partition coefficient (Wildman–Crippen LogP) is 2.93. The smallest absolute Gasteiger partial charge is 0.330 e. The van der Waals surface area contributed by atoms with E-state index in [0.29, 0.717) is 0 Å². The van der Waals surface area contributed by atoms with Gasteiger partial charge in [0.1, 0.15) is 0 Å². The van der Waals surface area contributed by atoms with Gasteiger partial charge in [-0.25, -0.2) is 0 Å². The highest BCUT2D eigenvalue weighted by Crippen LogP contribution is 2.43. The molecule has 2 unspecified atom stereocenters. The van der Waals surface area contributed by atoms with E-state index in [4.69, 9.17) is 5.11 Å². The van der Waals surface area contributed by atoms with Gasteiger partial charge in [-0.05, 0) is 19.3 Å². The first kappa shape index (κ1) is 13.6. The second-order valence-corrected chi connectivity index (χ2v) is 6.83. The van der Waals surface area contributed by atoms with Gasteiger partial charge in [0.2, 0.25) is 0 Å². The van der Waals surface area contributed by atoms with Gasteiger partial charge < -0.3 is 5.11 Å². The summed E-state index contributed by atoms with van der Waals surface area (Å²) in [5, 5.41) is 8.37. The molecule has 0 amide bonds. The van der Waals surface area contributed by atoms with Crippen molar-refractivity contribution in [3.8, 4) is 0 Å². The Balaban J connectivity index is 4.91. The van der Waals surface area contributed by atoms with Gasteiger partial charge in [-0.3, -0.25) is 4.79 Å². The zero-order valence-corrected chi connectivity index (χ0v) is 10.5. The number of hydrogen-bond acceptors (Lipinski definition) is 2. The minimum absolute atomic E-state index is 0.0751. The minimum Gasteiger partial charge on any atom is -0.481 e. The van der Waals surface area contributed by atoms with Crippen LogP contribution in [0.1, 0.15) is 41.0 Å². The first-order valence-electron chi connectivity index (χ1n) is 4.72. The van der Waals surface area contributed by atoms with Crippen LogP contribution in [0.15, 0.2) is 0 Å². The van der Waals surface area contributed by atoms with E-state index in [1.807, 2.05) is 34.6 Å². The highest BCUT2D eigenvalue weighted by atomic mass is 31.1. The minimum atomic E-state index is -0.823. The van der Waals surface area contributed by atoms with Crippen LogP contribution in [0.3, 0.4) is 0 Å². The summed E-state index contributed by atoms with van der Waals surface area (Å²) in [5.41, 5.74) is -0.140. The zero-order valence-electron chi connectivity index (χ0n) is 9.55. The van der Waals surface area contributed by atoms with Gasteiger partial charge in [-0.1, -0.05) is 25.3 Å². The average molecular weight is 219 g/mol. The molecular weight excluding hydrogens is 199 g/mol. The van der Waals surface area contributed by atoms with E-state index in [1.165, 1.54) is 0 Å². The van der Waals surface area contributed by atoms with E-state index in [0.717, 1.165) is 0 Å². The fourth-order valence-corrected chi connectivity index (χ4v) is 2.57. The molecule has 1 N–H and O–H groups in total. The molecule has 0 aromatic carbocycles. The highest BCUT2D eigenvalue weighted by molar-refractivity contribution is 7.25. The van der Waals surface area contributed by atoms with Crippen molar-refractivity contribution in [2.75, 3.05) is 0 Å². The summed E-state index contributed by atoms with van der Waals surface area (Å²) in [6.45, 7) is 9.68. The monoisotopic (exact) mass is 219 g/mol. The Bertz CT molecular complexity index is 228. The number of aliphatic carboxylic acids is 1. The van der Waals surface area contributed by atoms with Crippen LogP contribution in [0.5, 0.6) is 0 Å². The second-order valence-electron chi connectivity index (χ2n) is 5.34. The van der Waals surface area contributed by atoms with Gasteiger partial charge in [-0.15, -0.1) is 0 Å². The summed E-state index contributed by atoms with van der Waals surface area (Å²) in [5.74, 6) is -0.903. The normalized spacial score (nSPS) is 15.5. The van der Waals surface area contributed by atoms with Crippen LogP contribution in [-0.4, -0.2) is 16.2 Å². The molecule has 0 bridgehead atoms. The van der Waals surface area contributed by atoms with Gasteiger partial charge in [0, 0.05) is 5.92 Å². The zero-order chi connectivity index (χ0) is 11.6. The summed E-state index contributed by atoms with van der Waals surface area (Å²) >= 11 is 0. The van der Waals surface area contributed by atoms with Crippen LogP contribution in [0, 0.1) is 11.3 Å². The van der Waals surface area contributed by atoms with Gasteiger partial charge in [-0.2, -0.15) is 0 Å². The van der Waals surface area contributed by atoms with E-state index >= 15 is 0 Å². The number of hydrogen-bond donors (Lipinski definition) is 1. The van der Waals surface area contributed by atoms with Gasteiger partial charge in [0.25, 0.3) is 0 Å². The van der Waals surface area contributed by atoms with Crippen molar-refractivity contribution in [1.29, 1.82) is 0 Å². The van der Waals surface area contributed by atoms with Crippen LogP contribution in [-0.2, 0) is 9.36 Å². The van der Waals surface area contributed by atoms with Crippen molar-refractivity contribution < 1.29 is 14.5 Å². The summed E-state index contributed by atoms with van der Waals surface area (Å²) in [4.78, 5) is 10.7. The molecule has 0 aromatic rings. The Kier molecular flexibility index (Phi) is 4.26. The molecule has 0 aliphatic rings. The average Bonchev–Trinajstić information content (AvgIpc) is 1.98. The molecule has 0 radical (unpaired) electrons. The molecule has 0 saturated heterocycles. The Hall–Kier alpha value is -0.430. The molecule has 0 fully saturated rings. The number of rotatable bonds is 4. The van der Waals surface area contributed by atoms with Gasteiger partial charge >= 0.3 is 14.4 Å².